The molecule has 2 aromatic rings. The van der Waals surface area contributed by atoms with E-state index in [2.05, 4.69) is 33.1 Å². The van der Waals surface area contributed by atoms with Crippen molar-refractivity contribution >= 4 is 17.4 Å². The maximum atomic E-state index is 12.6. The van der Waals surface area contributed by atoms with Crippen LogP contribution >= 0.6 is 0 Å². The first-order chi connectivity index (χ1) is 11.2. The zero-order valence-electron chi connectivity index (χ0n) is 13.3. The van der Waals surface area contributed by atoms with Gasteiger partial charge in [0.2, 0.25) is 0 Å². The number of aromatic nitrogens is 2. The zero-order chi connectivity index (χ0) is 15.8. The summed E-state index contributed by atoms with van der Waals surface area (Å²) in [5.74, 6) is 1.50. The van der Waals surface area contributed by atoms with Crippen molar-refractivity contribution in [3.63, 3.8) is 0 Å². The second-order valence-electron chi connectivity index (χ2n) is 6.19. The van der Waals surface area contributed by atoms with Gasteiger partial charge in [0, 0.05) is 31.4 Å². The van der Waals surface area contributed by atoms with Gasteiger partial charge in [0.05, 0.1) is 0 Å². The molecule has 1 fully saturated rings. The number of anilines is 2. The van der Waals surface area contributed by atoms with Gasteiger partial charge in [-0.3, -0.25) is 4.79 Å². The van der Waals surface area contributed by atoms with Crippen molar-refractivity contribution in [2.24, 2.45) is 0 Å². The van der Waals surface area contributed by atoms with Gasteiger partial charge < -0.3 is 9.80 Å². The van der Waals surface area contributed by atoms with Crippen molar-refractivity contribution in [2.75, 3.05) is 24.5 Å². The normalized spacial score (nSPS) is 16.7. The Hall–Kier alpha value is -2.43. The smallest absolute Gasteiger partial charge is 0.272 e. The van der Waals surface area contributed by atoms with E-state index in [1.54, 1.807) is 0 Å². The summed E-state index contributed by atoms with van der Waals surface area (Å²) < 4.78 is 0. The van der Waals surface area contributed by atoms with Gasteiger partial charge in [-0.1, -0.05) is 18.2 Å². The summed E-state index contributed by atoms with van der Waals surface area (Å²) in [5.41, 5.74) is 3.03. The summed E-state index contributed by atoms with van der Waals surface area (Å²) in [6, 6.07) is 10.2. The second-order valence-corrected chi connectivity index (χ2v) is 6.19. The van der Waals surface area contributed by atoms with Crippen molar-refractivity contribution in [1.29, 1.82) is 0 Å². The maximum absolute atomic E-state index is 12.6. The lowest BCUT2D eigenvalue weighted by Crippen LogP contribution is -2.29. The number of para-hydroxylation sites is 1. The predicted octanol–water partition coefficient (Wildman–Crippen LogP) is 2.72. The Labute approximate surface area is 136 Å². The lowest BCUT2D eigenvalue weighted by atomic mass is 10.2. The number of rotatable bonds is 2. The average molecular weight is 308 g/mol. The third kappa shape index (κ3) is 2.56. The molecule has 1 aromatic carbocycles. The van der Waals surface area contributed by atoms with Crippen molar-refractivity contribution < 1.29 is 4.79 Å². The molecule has 1 amide bonds. The minimum atomic E-state index is 0.0294. The topological polar surface area (TPSA) is 49.3 Å². The summed E-state index contributed by atoms with van der Waals surface area (Å²) in [6.45, 7) is 4.42. The summed E-state index contributed by atoms with van der Waals surface area (Å²) in [5, 5.41) is 0. The molecular formula is C18H20N4O. The van der Waals surface area contributed by atoms with Crippen LogP contribution in [0.1, 0.15) is 34.7 Å². The van der Waals surface area contributed by atoms with E-state index in [1.807, 2.05) is 24.0 Å². The van der Waals surface area contributed by atoms with Crippen LogP contribution in [0.2, 0.25) is 0 Å². The van der Waals surface area contributed by atoms with Crippen molar-refractivity contribution in [3.8, 4) is 0 Å². The number of hydrogen-bond acceptors (Lipinski definition) is 4. The minimum absolute atomic E-state index is 0.0294. The Morgan fingerprint density at radius 2 is 1.87 bits per heavy atom. The first-order valence-electron chi connectivity index (χ1n) is 8.23. The fraction of sp³-hybridized carbons (Fsp3) is 0.389. The van der Waals surface area contributed by atoms with Gasteiger partial charge >= 0.3 is 0 Å². The lowest BCUT2D eigenvalue weighted by Gasteiger charge is -2.20. The fourth-order valence-corrected chi connectivity index (χ4v) is 3.46. The molecule has 2 aliphatic heterocycles. The number of carbonyl (C=O) groups excluding carboxylic acids is 1. The third-order valence-corrected chi connectivity index (χ3v) is 4.60. The van der Waals surface area contributed by atoms with Crippen LogP contribution in [0.25, 0.3) is 0 Å². The zero-order valence-corrected chi connectivity index (χ0v) is 13.3. The van der Waals surface area contributed by atoms with Crippen molar-refractivity contribution in [2.45, 2.75) is 26.2 Å². The first kappa shape index (κ1) is 14.2. The molecule has 4 rings (SSSR count). The highest BCUT2D eigenvalue weighted by Gasteiger charge is 2.25. The van der Waals surface area contributed by atoms with Crippen LogP contribution in [0.5, 0.6) is 0 Å². The molecule has 0 unspecified atom stereocenters. The molecular weight excluding hydrogens is 288 g/mol. The molecule has 1 aromatic heterocycles. The van der Waals surface area contributed by atoms with Crippen molar-refractivity contribution in [3.05, 3.63) is 47.4 Å². The first-order valence-corrected chi connectivity index (χ1v) is 8.23. The lowest BCUT2D eigenvalue weighted by molar-refractivity contribution is 0.0786. The highest BCUT2D eigenvalue weighted by Crippen LogP contribution is 2.33. The van der Waals surface area contributed by atoms with E-state index in [0.29, 0.717) is 11.5 Å². The molecule has 0 spiro atoms. The Morgan fingerprint density at radius 1 is 1.09 bits per heavy atom. The summed E-state index contributed by atoms with van der Waals surface area (Å²) in [4.78, 5) is 25.7. The van der Waals surface area contributed by atoms with Crippen LogP contribution in [0.4, 0.5) is 11.5 Å². The van der Waals surface area contributed by atoms with Gasteiger partial charge in [-0.05, 0) is 37.8 Å². The Morgan fingerprint density at radius 3 is 2.70 bits per heavy atom. The molecule has 23 heavy (non-hydrogen) atoms. The summed E-state index contributed by atoms with van der Waals surface area (Å²) in [7, 11) is 0. The summed E-state index contributed by atoms with van der Waals surface area (Å²) in [6.07, 6.45) is 3.18. The SMILES string of the molecule is Cc1nc(C(=O)N2CCCC2)cc(N2CCc3ccccc32)n1. The van der Waals surface area contributed by atoms with Gasteiger partial charge in [0.25, 0.3) is 5.91 Å². The summed E-state index contributed by atoms with van der Waals surface area (Å²) >= 11 is 0. The number of nitrogens with zero attached hydrogens (tertiary/aromatic N) is 4. The van der Waals surface area contributed by atoms with Crippen LogP contribution in [-0.4, -0.2) is 40.4 Å². The Bertz CT molecular complexity index is 752. The molecule has 5 heteroatoms. The van der Waals surface area contributed by atoms with E-state index in [1.165, 1.54) is 11.3 Å². The van der Waals surface area contributed by atoms with Crippen LogP contribution in [-0.2, 0) is 6.42 Å². The van der Waals surface area contributed by atoms with Gasteiger partial charge in [0.1, 0.15) is 17.3 Å². The van der Waals surface area contributed by atoms with E-state index in [4.69, 9.17) is 0 Å². The van der Waals surface area contributed by atoms with Crippen LogP contribution in [0, 0.1) is 6.92 Å². The number of fused-ring (bicyclic) bond motifs is 1. The molecule has 1 saturated heterocycles. The number of benzene rings is 1. The monoisotopic (exact) mass is 308 g/mol. The second kappa shape index (κ2) is 5.65. The van der Waals surface area contributed by atoms with E-state index in [9.17, 15) is 4.79 Å². The largest absolute Gasteiger partial charge is 0.337 e. The molecule has 0 atom stereocenters. The molecule has 118 valence electrons. The number of likely N-dealkylation sites (tertiary alicyclic amines) is 1. The average Bonchev–Trinajstić information content (AvgIpc) is 3.23. The van der Waals surface area contributed by atoms with Crippen molar-refractivity contribution in [1.82, 2.24) is 14.9 Å². The van der Waals surface area contributed by atoms with Gasteiger partial charge in [-0.25, -0.2) is 9.97 Å². The predicted molar refractivity (Wildman–Crippen MR) is 89.1 cm³/mol. The maximum Gasteiger partial charge on any atom is 0.272 e. The quantitative estimate of drug-likeness (QED) is 0.856. The minimum Gasteiger partial charge on any atom is -0.337 e. The molecule has 0 N–H and O–H groups in total. The van der Waals surface area contributed by atoms with E-state index < -0.39 is 0 Å². The van der Waals surface area contributed by atoms with Crippen LogP contribution in [0.15, 0.2) is 30.3 Å². The van der Waals surface area contributed by atoms with Crippen LogP contribution < -0.4 is 4.90 Å². The number of aryl methyl sites for hydroxylation is 1. The van der Waals surface area contributed by atoms with Crippen LogP contribution in [0.3, 0.4) is 0 Å². The fourth-order valence-electron chi connectivity index (χ4n) is 3.46. The Balaban J connectivity index is 1.69. The molecule has 5 nitrogen and oxygen atoms in total. The highest BCUT2D eigenvalue weighted by molar-refractivity contribution is 5.93. The van der Waals surface area contributed by atoms with E-state index >= 15 is 0 Å². The number of amides is 1. The van der Waals surface area contributed by atoms with Gasteiger partial charge in [-0.2, -0.15) is 0 Å². The standard InChI is InChI=1S/C18H20N4O/c1-13-19-15(18(23)21-9-4-5-10-21)12-17(20-13)22-11-8-14-6-2-3-7-16(14)22/h2-3,6-7,12H,4-5,8-11H2,1H3. The molecule has 0 aliphatic carbocycles. The molecule has 0 radical (unpaired) electrons. The van der Waals surface area contributed by atoms with Gasteiger partial charge in [0.15, 0.2) is 0 Å². The molecule has 0 bridgehead atoms. The van der Waals surface area contributed by atoms with Gasteiger partial charge in [-0.15, -0.1) is 0 Å². The molecule has 2 aliphatic rings. The molecule has 3 heterocycles. The van der Waals surface area contributed by atoms with E-state index in [-0.39, 0.29) is 5.91 Å². The Kier molecular flexibility index (Phi) is 3.48. The number of hydrogen-bond donors (Lipinski definition) is 0. The van der Waals surface area contributed by atoms with E-state index in [0.717, 1.165) is 44.7 Å². The molecule has 0 saturated carbocycles. The number of carbonyl (C=O) groups is 1. The third-order valence-electron chi connectivity index (χ3n) is 4.60. The highest BCUT2D eigenvalue weighted by atomic mass is 16.2.